The summed E-state index contributed by atoms with van der Waals surface area (Å²) in [6.45, 7) is 3.11. The maximum absolute atomic E-state index is 5.41. The van der Waals surface area contributed by atoms with Gasteiger partial charge in [-0.25, -0.2) is 0 Å². The second-order valence-electron chi connectivity index (χ2n) is 5.81. The smallest absolute Gasteiger partial charge is 0.144 e. The van der Waals surface area contributed by atoms with E-state index in [-0.39, 0.29) is 0 Å². The van der Waals surface area contributed by atoms with Crippen molar-refractivity contribution < 1.29 is 4.52 Å². The molecule has 1 unspecified atom stereocenters. The molecule has 0 spiro atoms. The van der Waals surface area contributed by atoms with E-state index >= 15 is 0 Å². The lowest BCUT2D eigenvalue weighted by atomic mass is 10.2. The van der Waals surface area contributed by atoms with Crippen molar-refractivity contribution in [1.29, 1.82) is 0 Å². The van der Waals surface area contributed by atoms with Crippen LogP contribution in [0.5, 0.6) is 0 Å². The van der Waals surface area contributed by atoms with Gasteiger partial charge < -0.3 is 4.52 Å². The lowest BCUT2D eigenvalue weighted by Crippen LogP contribution is -2.21. The zero-order valence-corrected chi connectivity index (χ0v) is 12.8. The van der Waals surface area contributed by atoms with Crippen molar-refractivity contribution in [2.45, 2.75) is 37.8 Å². The van der Waals surface area contributed by atoms with Crippen LogP contribution in [0.3, 0.4) is 0 Å². The molecule has 0 bridgehead atoms. The van der Waals surface area contributed by atoms with Crippen LogP contribution in [-0.2, 0) is 6.54 Å². The highest BCUT2D eigenvalue weighted by atomic mass is 79.9. The van der Waals surface area contributed by atoms with Gasteiger partial charge in [-0.2, -0.15) is 5.10 Å². The molecule has 20 heavy (non-hydrogen) atoms. The van der Waals surface area contributed by atoms with Gasteiger partial charge in [0.15, 0.2) is 0 Å². The average Bonchev–Trinajstić information content (AvgIpc) is 2.87. The quantitative estimate of drug-likeness (QED) is 0.861. The van der Waals surface area contributed by atoms with E-state index in [1.165, 1.54) is 18.4 Å². The van der Waals surface area contributed by atoms with Crippen molar-refractivity contribution in [2.75, 3.05) is 13.1 Å². The molecular formula is C14H17BrN4O. The van der Waals surface area contributed by atoms with Crippen molar-refractivity contribution in [3.63, 3.8) is 0 Å². The molecule has 1 atom stereocenters. The Balaban J connectivity index is 1.42. The van der Waals surface area contributed by atoms with Gasteiger partial charge >= 0.3 is 0 Å². The molecule has 1 saturated carbocycles. The lowest BCUT2D eigenvalue weighted by molar-refractivity contribution is 0.307. The van der Waals surface area contributed by atoms with Crippen LogP contribution in [0.1, 0.15) is 42.5 Å². The molecule has 5 nitrogen and oxygen atoms in total. The molecule has 2 aliphatic rings. The summed E-state index contributed by atoms with van der Waals surface area (Å²) < 4.78 is 8.53. The van der Waals surface area contributed by atoms with Gasteiger partial charge in [0.1, 0.15) is 5.76 Å². The van der Waals surface area contributed by atoms with Gasteiger partial charge in [0.05, 0.1) is 22.9 Å². The first-order valence-electron chi connectivity index (χ1n) is 7.15. The molecule has 0 amide bonds. The Morgan fingerprint density at radius 3 is 2.95 bits per heavy atom. The van der Waals surface area contributed by atoms with Crippen LogP contribution in [0.15, 0.2) is 27.6 Å². The van der Waals surface area contributed by atoms with Crippen molar-refractivity contribution in [3.05, 3.63) is 34.4 Å². The highest BCUT2D eigenvalue weighted by Gasteiger charge is 2.32. The van der Waals surface area contributed by atoms with E-state index in [2.05, 4.69) is 42.0 Å². The maximum atomic E-state index is 5.41. The summed E-state index contributed by atoms with van der Waals surface area (Å²) in [4.78, 5) is 2.47. The third-order valence-electron chi connectivity index (χ3n) is 4.21. The molecule has 0 N–H and O–H groups in total. The Hall–Kier alpha value is -1.14. The van der Waals surface area contributed by atoms with Gasteiger partial charge in [0.2, 0.25) is 0 Å². The van der Waals surface area contributed by atoms with Gasteiger partial charge in [-0.1, -0.05) is 5.16 Å². The average molecular weight is 337 g/mol. The third-order valence-corrected chi connectivity index (χ3v) is 4.62. The van der Waals surface area contributed by atoms with E-state index in [1.54, 1.807) is 0 Å². The van der Waals surface area contributed by atoms with E-state index in [4.69, 9.17) is 4.52 Å². The second kappa shape index (κ2) is 5.00. The predicted octanol–water partition coefficient (Wildman–Crippen LogP) is 2.96. The Kier molecular flexibility index (Phi) is 3.15. The molecule has 0 aromatic carbocycles. The summed E-state index contributed by atoms with van der Waals surface area (Å²) >= 11 is 3.46. The van der Waals surface area contributed by atoms with Crippen LogP contribution < -0.4 is 0 Å². The number of halogens is 1. The van der Waals surface area contributed by atoms with Crippen LogP contribution in [-0.4, -0.2) is 32.9 Å². The Labute approximate surface area is 126 Å². The molecule has 6 heteroatoms. The molecule has 3 heterocycles. The summed E-state index contributed by atoms with van der Waals surface area (Å²) in [5, 5.41) is 8.38. The summed E-state index contributed by atoms with van der Waals surface area (Å²) in [6.07, 6.45) is 9.47. The van der Waals surface area contributed by atoms with Crippen molar-refractivity contribution in [3.8, 4) is 0 Å². The largest absolute Gasteiger partial charge is 0.361 e. The molecule has 1 aliphatic heterocycles. The molecule has 2 aromatic rings. The highest BCUT2D eigenvalue weighted by molar-refractivity contribution is 9.10. The van der Waals surface area contributed by atoms with E-state index < -0.39 is 0 Å². The van der Waals surface area contributed by atoms with Crippen molar-refractivity contribution >= 4 is 15.9 Å². The van der Waals surface area contributed by atoms with Crippen LogP contribution in [0.2, 0.25) is 0 Å². The van der Waals surface area contributed by atoms with E-state index in [0.29, 0.717) is 12.0 Å². The van der Waals surface area contributed by atoms with Crippen molar-refractivity contribution in [2.24, 2.45) is 0 Å². The van der Waals surface area contributed by atoms with Crippen molar-refractivity contribution in [1.82, 2.24) is 19.8 Å². The molecule has 106 valence electrons. The molecule has 2 aromatic heterocycles. The first-order chi connectivity index (χ1) is 9.79. The third kappa shape index (κ3) is 2.42. The molecule has 0 radical (unpaired) electrons. The minimum atomic E-state index is 0.477. The predicted molar refractivity (Wildman–Crippen MR) is 77.3 cm³/mol. The fraction of sp³-hybridized carbons (Fsp3) is 0.571. The SMILES string of the molecule is Brc1cnn(C2CCN(Cc3cnoc3C3CC3)C2)c1. The van der Waals surface area contributed by atoms with Gasteiger partial charge in [-0.3, -0.25) is 9.58 Å². The maximum Gasteiger partial charge on any atom is 0.144 e. The number of nitrogens with zero attached hydrogens (tertiary/aromatic N) is 4. The monoisotopic (exact) mass is 336 g/mol. The number of likely N-dealkylation sites (tertiary alicyclic amines) is 1. The van der Waals surface area contributed by atoms with Gasteiger partial charge in [0.25, 0.3) is 0 Å². The van der Waals surface area contributed by atoms with Crippen LogP contribution >= 0.6 is 15.9 Å². The number of hydrogen-bond donors (Lipinski definition) is 0. The summed E-state index contributed by atoms with van der Waals surface area (Å²) in [7, 11) is 0. The number of rotatable bonds is 4. The van der Waals surface area contributed by atoms with Gasteiger partial charge in [0, 0.05) is 37.3 Å². The van der Waals surface area contributed by atoms with Crippen LogP contribution in [0.25, 0.3) is 0 Å². The first kappa shape index (κ1) is 12.6. The Bertz CT molecular complexity index is 604. The Morgan fingerprint density at radius 1 is 1.30 bits per heavy atom. The molecule has 1 aliphatic carbocycles. The molecule has 1 saturated heterocycles. The second-order valence-corrected chi connectivity index (χ2v) is 6.72. The summed E-state index contributed by atoms with van der Waals surface area (Å²) in [5.41, 5.74) is 1.27. The molecular weight excluding hydrogens is 320 g/mol. The van der Waals surface area contributed by atoms with E-state index in [9.17, 15) is 0 Å². The highest BCUT2D eigenvalue weighted by Crippen LogP contribution is 2.42. The van der Waals surface area contributed by atoms with E-state index in [0.717, 1.165) is 36.3 Å². The van der Waals surface area contributed by atoms with Crippen LogP contribution in [0, 0.1) is 0 Å². The molecule has 2 fully saturated rings. The fourth-order valence-corrected chi connectivity index (χ4v) is 3.30. The molecule has 4 rings (SSSR count). The Morgan fingerprint density at radius 2 is 2.20 bits per heavy atom. The minimum Gasteiger partial charge on any atom is -0.361 e. The zero-order chi connectivity index (χ0) is 13.5. The lowest BCUT2D eigenvalue weighted by Gasteiger charge is -2.15. The normalized spacial score (nSPS) is 23.6. The van der Waals surface area contributed by atoms with Crippen LogP contribution in [0.4, 0.5) is 0 Å². The van der Waals surface area contributed by atoms with Gasteiger partial charge in [-0.05, 0) is 35.2 Å². The topological polar surface area (TPSA) is 47.1 Å². The zero-order valence-electron chi connectivity index (χ0n) is 11.2. The fourth-order valence-electron chi connectivity index (χ4n) is 3.00. The number of hydrogen-bond acceptors (Lipinski definition) is 4. The van der Waals surface area contributed by atoms with E-state index in [1.807, 2.05) is 12.4 Å². The summed E-state index contributed by atoms with van der Waals surface area (Å²) in [6, 6.07) is 0.477. The standard InChI is InChI=1S/C14H17BrN4O/c15-12-6-16-19(8-12)13-3-4-18(9-13)7-11-5-17-20-14(11)10-1-2-10/h5-6,8,10,13H,1-4,7,9H2. The number of aromatic nitrogens is 3. The van der Waals surface area contributed by atoms with Gasteiger partial charge in [-0.15, -0.1) is 0 Å². The minimum absolute atomic E-state index is 0.477. The first-order valence-corrected chi connectivity index (χ1v) is 7.94. The summed E-state index contributed by atoms with van der Waals surface area (Å²) in [5.74, 6) is 1.75.